The van der Waals surface area contributed by atoms with Gasteiger partial charge in [-0.1, -0.05) is 0 Å². The van der Waals surface area contributed by atoms with Crippen LogP contribution in [0.1, 0.15) is 38.3 Å². The van der Waals surface area contributed by atoms with Crippen molar-refractivity contribution >= 4 is 0 Å². The molecular formula is C13H24N4. The van der Waals surface area contributed by atoms with Crippen LogP contribution in [0.25, 0.3) is 0 Å². The summed E-state index contributed by atoms with van der Waals surface area (Å²) in [4.78, 5) is 2.54. The second-order valence-electron chi connectivity index (χ2n) is 5.02. The molecule has 1 unspecified atom stereocenters. The van der Waals surface area contributed by atoms with Gasteiger partial charge in [0.25, 0.3) is 0 Å². The molecule has 4 nitrogen and oxygen atoms in total. The normalized spacial score (nSPS) is 20.6. The van der Waals surface area contributed by atoms with Gasteiger partial charge in [0.2, 0.25) is 0 Å². The van der Waals surface area contributed by atoms with Crippen LogP contribution in [0, 0.1) is 5.92 Å². The largest absolute Gasteiger partial charge is 0.330 e. The average Bonchev–Trinajstić information content (AvgIpc) is 2.87. The van der Waals surface area contributed by atoms with Crippen molar-refractivity contribution < 1.29 is 0 Å². The highest BCUT2D eigenvalue weighted by atomic mass is 15.3. The molecule has 2 rings (SSSR count). The zero-order valence-corrected chi connectivity index (χ0v) is 11.0. The van der Waals surface area contributed by atoms with E-state index in [1.165, 1.54) is 31.5 Å². The van der Waals surface area contributed by atoms with Crippen molar-refractivity contribution in [1.29, 1.82) is 0 Å². The zero-order chi connectivity index (χ0) is 12.3. The number of aromatic nitrogens is 2. The van der Waals surface area contributed by atoms with Gasteiger partial charge in [-0.2, -0.15) is 5.10 Å². The van der Waals surface area contributed by atoms with E-state index in [1.807, 2.05) is 10.9 Å². The summed E-state index contributed by atoms with van der Waals surface area (Å²) >= 11 is 0. The first-order valence-corrected chi connectivity index (χ1v) is 6.71. The minimum Gasteiger partial charge on any atom is -0.330 e. The van der Waals surface area contributed by atoms with Crippen LogP contribution in [0.2, 0.25) is 0 Å². The van der Waals surface area contributed by atoms with E-state index in [0.717, 1.165) is 19.0 Å². The summed E-state index contributed by atoms with van der Waals surface area (Å²) in [6.45, 7) is 8.52. The Morgan fingerprint density at radius 3 is 2.71 bits per heavy atom. The summed E-state index contributed by atoms with van der Waals surface area (Å²) in [6, 6.07) is 0.481. The van der Waals surface area contributed by atoms with E-state index in [0.29, 0.717) is 6.04 Å². The minimum atomic E-state index is 0.481. The van der Waals surface area contributed by atoms with Gasteiger partial charge >= 0.3 is 0 Å². The van der Waals surface area contributed by atoms with Crippen molar-refractivity contribution in [3.63, 3.8) is 0 Å². The van der Waals surface area contributed by atoms with Crippen LogP contribution < -0.4 is 5.73 Å². The minimum absolute atomic E-state index is 0.481. The first kappa shape index (κ1) is 12.6. The molecule has 1 aliphatic rings. The highest BCUT2D eigenvalue weighted by Crippen LogP contribution is 2.25. The lowest BCUT2D eigenvalue weighted by Gasteiger charge is -2.35. The first-order valence-electron chi connectivity index (χ1n) is 6.71. The van der Waals surface area contributed by atoms with Gasteiger partial charge in [-0.15, -0.1) is 0 Å². The van der Waals surface area contributed by atoms with Crippen molar-refractivity contribution in [2.75, 3.05) is 19.6 Å². The molecule has 1 atom stereocenters. The van der Waals surface area contributed by atoms with Gasteiger partial charge in [0.05, 0.1) is 6.20 Å². The van der Waals surface area contributed by atoms with E-state index in [1.54, 1.807) is 0 Å². The van der Waals surface area contributed by atoms with E-state index >= 15 is 0 Å². The molecule has 0 spiro atoms. The molecular weight excluding hydrogens is 212 g/mol. The van der Waals surface area contributed by atoms with E-state index < -0.39 is 0 Å². The lowest BCUT2D eigenvalue weighted by atomic mass is 9.95. The standard InChI is InChI=1S/C13H24N4/c1-3-17-10-13(9-15-17)11(2)16-6-4-12(8-14)5-7-16/h9-12H,3-8,14H2,1-2H3. The Bertz CT molecular complexity index is 339. The van der Waals surface area contributed by atoms with Gasteiger partial charge in [-0.3, -0.25) is 9.58 Å². The van der Waals surface area contributed by atoms with Crippen LogP contribution in [-0.2, 0) is 6.54 Å². The molecule has 0 saturated carbocycles. The highest BCUT2D eigenvalue weighted by Gasteiger charge is 2.23. The van der Waals surface area contributed by atoms with Crippen LogP contribution >= 0.6 is 0 Å². The Hall–Kier alpha value is -0.870. The van der Waals surface area contributed by atoms with Crippen LogP contribution in [0.3, 0.4) is 0 Å². The Morgan fingerprint density at radius 1 is 1.47 bits per heavy atom. The molecule has 2 N–H and O–H groups in total. The van der Waals surface area contributed by atoms with Crippen molar-refractivity contribution in [2.45, 2.75) is 39.3 Å². The second kappa shape index (κ2) is 5.65. The summed E-state index contributed by atoms with van der Waals surface area (Å²) in [7, 11) is 0. The molecule has 96 valence electrons. The fourth-order valence-corrected chi connectivity index (χ4v) is 2.55. The molecule has 0 aromatic carbocycles. The molecule has 0 amide bonds. The average molecular weight is 236 g/mol. The molecule has 1 aromatic heterocycles. The number of hydrogen-bond donors (Lipinski definition) is 1. The SMILES string of the molecule is CCn1cc(C(C)N2CCC(CN)CC2)cn1. The molecule has 0 bridgehead atoms. The smallest absolute Gasteiger partial charge is 0.0537 e. The molecule has 1 saturated heterocycles. The van der Waals surface area contributed by atoms with Gasteiger partial charge in [-0.25, -0.2) is 0 Å². The molecule has 1 aliphatic heterocycles. The highest BCUT2D eigenvalue weighted by molar-refractivity contribution is 5.09. The maximum Gasteiger partial charge on any atom is 0.0537 e. The monoisotopic (exact) mass is 236 g/mol. The number of nitrogens with two attached hydrogens (primary N) is 1. The fourth-order valence-electron chi connectivity index (χ4n) is 2.55. The predicted octanol–water partition coefficient (Wildman–Crippen LogP) is 1.63. The molecule has 1 fully saturated rings. The third kappa shape index (κ3) is 2.87. The number of likely N-dealkylation sites (tertiary alicyclic amines) is 1. The third-order valence-electron chi connectivity index (χ3n) is 3.99. The summed E-state index contributed by atoms with van der Waals surface area (Å²) in [5, 5.41) is 4.35. The maximum absolute atomic E-state index is 5.73. The number of aryl methyl sites for hydroxylation is 1. The van der Waals surface area contributed by atoms with E-state index in [4.69, 9.17) is 5.73 Å². The third-order valence-corrected chi connectivity index (χ3v) is 3.99. The van der Waals surface area contributed by atoms with Crippen LogP contribution in [0.4, 0.5) is 0 Å². The zero-order valence-electron chi connectivity index (χ0n) is 11.0. The van der Waals surface area contributed by atoms with Crippen LogP contribution in [-0.4, -0.2) is 34.3 Å². The lowest BCUT2D eigenvalue weighted by molar-refractivity contribution is 0.143. The predicted molar refractivity (Wildman–Crippen MR) is 69.7 cm³/mol. The maximum atomic E-state index is 5.73. The van der Waals surface area contributed by atoms with Gasteiger partial charge in [-0.05, 0) is 52.2 Å². The summed E-state index contributed by atoms with van der Waals surface area (Å²) in [5.41, 5.74) is 7.06. The number of nitrogens with zero attached hydrogens (tertiary/aromatic N) is 3. The van der Waals surface area contributed by atoms with Crippen molar-refractivity contribution in [2.24, 2.45) is 11.7 Å². The number of hydrogen-bond acceptors (Lipinski definition) is 3. The van der Waals surface area contributed by atoms with Crippen LogP contribution in [0.15, 0.2) is 12.4 Å². The summed E-state index contributed by atoms with van der Waals surface area (Å²) in [5.74, 6) is 0.733. The lowest BCUT2D eigenvalue weighted by Crippen LogP contribution is -2.37. The van der Waals surface area contributed by atoms with Crippen molar-refractivity contribution in [3.05, 3.63) is 18.0 Å². The van der Waals surface area contributed by atoms with Gasteiger partial charge in [0.1, 0.15) is 0 Å². The van der Waals surface area contributed by atoms with E-state index in [-0.39, 0.29) is 0 Å². The Labute approximate surface area is 104 Å². The Kier molecular flexibility index (Phi) is 4.18. The second-order valence-corrected chi connectivity index (χ2v) is 5.02. The molecule has 17 heavy (non-hydrogen) atoms. The molecule has 4 heteroatoms. The molecule has 0 aliphatic carbocycles. The van der Waals surface area contributed by atoms with Crippen LogP contribution in [0.5, 0.6) is 0 Å². The number of piperidine rings is 1. The topological polar surface area (TPSA) is 47.1 Å². The van der Waals surface area contributed by atoms with Crippen molar-refractivity contribution in [1.82, 2.24) is 14.7 Å². The first-order chi connectivity index (χ1) is 8.24. The van der Waals surface area contributed by atoms with Gasteiger partial charge in [0.15, 0.2) is 0 Å². The van der Waals surface area contributed by atoms with Gasteiger partial charge < -0.3 is 5.73 Å². The molecule has 1 aromatic rings. The quantitative estimate of drug-likeness (QED) is 0.864. The summed E-state index contributed by atoms with van der Waals surface area (Å²) < 4.78 is 2.00. The number of rotatable bonds is 4. The van der Waals surface area contributed by atoms with Crippen molar-refractivity contribution in [3.8, 4) is 0 Å². The Morgan fingerprint density at radius 2 is 2.18 bits per heavy atom. The van der Waals surface area contributed by atoms with E-state index in [2.05, 4.69) is 30.0 Å². The fraction of sp³-hybridized carbons (Fsp3) is 0.769. The molecule has 2 heterocycles. The summed E-state index contributed by atoms with van der Waals surface area (Å²) in [6.07, 6.45) is 6.65. The van der Waals surface area contributed by atoms with Gasteiger partial charge in [0, 0.05) is 24.3 Å². The van der Waals surface area contributed by atoms with E-state index in [9.17, 15) is 0 Å². The Balaban J connectivity index is 1.94. The molecule has 0 radical (unpaired) electrons.